The number of hydrogen-bond donors (Lipinski definition) is 1. The minimum atomic E-state index is -0.0881. The van der Waals surface area contributed by atoms with Crippen LogP contribution in [-0.2, 0) is 4.79 Å². The van der Waals surface area contributed by atoms with Gasteiger partial charge in [0.1, 0.15) is 0 Å². The molecule has 1 aliphatic heterocycles. The standard InChI is InChI=1S/C23H22N4O2S/c28-22(17-12-14-27(15-13-17)23(29)21-7-4-16-30-21)24-18-8-10-20(11-9-18)26-25-19-5-2-1-3-6-19/h1-11,16-17H,12-15H2,(H,24,28). The molecule has 1 fully saturated rings. The number of amides is 2. The lowest BCUT2D eigenvalue weighted by atomic mass is 9.95. The molecule has 0 unspecified atom stereocenters. The summed E-state index contributed by atoms with van der Waals surface area (Å²) in [6.07, 6.45) is 1.35. The molecule has 1 aromatic heterocycles. The summed E-state index contributed by atoms with van der Waals surface area (Å²) >= 11 is 1.45. The lowest BCUT2D eigenvalue weighted by Gasteiger charge is -2.31. The number of nitrogens with zero attached hydrogens (tertiary/aromatic N) is 3. The minimum Gasteiger partial charge on any atom is -0.338 e. The largest absolute Gasteiger partial charge is 0.338 e. The molecule has 4 rings (SSSR count). The lowest BCUT2D eigenvalue weighted by Crippen LogP contribution is -2.41. The van der Waals surface area contributed by atoms with E-state index >= 15 is 0 Å². The maximum Gasteiger partial charge on any atom is 0.263 e. The summed E-state index contributed by atoms with van der Waals surface area (Å²) in [4.78, 5) is 27.6. The Kier molecular flexibility index (Phi) is 6.29. The van der Waals surface area contributed by atoms with Crippen molar-refractivity contribution in [3.05, 3.63) is 77.0 Å². The summed E-state index contributed by atoms with van der Waals surface area (Å²) in [5, 5.41) is 13.3. The highest BCUT2D eigenvalue weighted by molar-refractivity contribution is 7.12. The zero-order valence-electron chi connectivity index (χ0n) is 16.4. The van der Waals surface area contributed by atoms with E-state index in [0.29, 0.717) is 25.9 Å². The van der Waals surface area contributed by atoms with Crippen LogP contribution in [0.15, 0.2) is 82.3 Å². The van der Waals surface area contributed by atoms with Gasteiger partial charge < -0.3 is 10.2 Å². The van der Waals surface area contributed by atoms with E-state index in [4.69, 9.17) is 0 Å². The Bertz CT molecular complexity index is 1010. The Morgan fingerprint density at radius 1 is 0.867 bits per heavy atom. The summed E-state index contributed by atoms with van der Waals surface area (Å²) < 4.78 is 0. The van der Waals surface area contributed by atoms with E-state index in [1.165, 1.54) is 11.3 Å². The molecule has 0 radical (unpaired) electrons. The van der Waals surface area contributed by atoms with Gasteiger partial charge >= 0.3 is 0 Å². The Morgan fingerprint density at radius 3 is 2.17 bits per heavy atom. The third kappa shape index (κ3) is 4.99. The fraction of sp³-hybridized carbons (Fsp3) is 0.217. The van der Waals surface area contributed by atoms with Crippen molar-refractivity contribution in [2.24, 2.45) is 16.1 Å². The monoisotopic (exact) mass is 418 g/mol. The highest BCUT2D eigenvalue weighted by atomic mass is 32.1. The van der Waals surface area contributed by atoms with E-state index in [1.807, 2.05) is 77.0 Å². The van der Waals surface area contributed by atoms with Gasteiger partial charge in [-0.05, 0) is 60.7 Å². The van der Waals surface area contributed by atoms with Gasteiger partial charge in [0.15, 0.2) is 0 Å². The zero-order chi connectivity index (χ0) is 20.8. The number of anilines is 1. The third-order valence-corrected chi connectivity index (χ3v) is 5.91. The van der Waals surface area contributed by atoms with Crippen molar-refractivity contribution in [3.8, 4) is 0 Å². The maximum atomic E-state index is 12.6. The molecule has 1 aliphatic rings. The van der Waals surface area contributed by atoms with Crippen molar-refractivity contribution >= 4 is 40.2 Å². The molecule has 152 valence electrons. The molecule has 0 atom stereocenters. The fourth-order valence-corrected chi connectivity index (χ4v) is 4.06. The van der Waals surface area contributed by atoms with Gasteiger partial charge in [0.2, 0.25) is 5.91 Å². The van der Waals surface area contributed by atoms with E-state index in [2.05, 4.69) is 15.5 Å². The smallest absolute Gasteiger partial charge is 0.263 e. The topological polar surface area (TPSA) is 74.1 Å². The van der Waals surface area contributed by atoms with Crippen molar-refractivity contribution in [2.45, 2.75) is 12.8 Å². The number of carbonyl (C=O) groups excluding carboxylic acids is 2. The molecule has 6 nitrogen and oxygen atoms in total. The molecular formula is C23H22N4O2S. The Morgan fingerprint density at radius 2 is 1.53 bits per heavy atom. The van der Waals surface area contributed by atoms with Crippen molar-refractivity contribution in [1.29, 1.82) is 0 Å². The summed E-state index contributed by atoms with van der Waals surface area (Å²) in [6.45, 7) is 1.21. The second-order valence-corrected chi connectivity index (χ2v) is 8.06. The van der Waals surface area contributed by atoms with Crippen LogP contribution >= 0.6 is 11.3 Å². The fourth-order valence-electron chi connectivity index (χ4n) is 3.37. The average Bonchev–Trinajstić information content (AvgIpc) is 3.34. The average molecular weight is 419 g/mol. The SMILES string of the molecule is O=C(Nc1ccc(N=Nc2ccccc2)cc1)C1CCN(C(=O)c2cccs2)CC1. The Hall–Kier alpha value is -3.32. The summed E-state index contributed by atoms with van der Waals surface area (Å²) in [6, 6.07) is 20.6. The van der Waals surface area contributed by atoms with Gasteiger partial charge in [-0.15, -0.1) is 11.3 Å². The molecule has 2 aromatic carbocycles. The number of likely N-dealkylation sites (tertiary alicyclic amines) is 1. The predicted octanol–water partition coefficient (Wildman–Crippen LogP) is 5.65. The zero-order valence-corrected chi connectivity index (χ0v) is 17.2. The summed E-state index contributed by atoms with van der Waals surface area (Å²) in [5.74, 6) is -0.0316. The normalized spacial score (nSPS) is 14.7. The second kappa shape index (κ2) is 9.45. The van der Waals surface area contributed by atoms with E-state index in [-0.39, 0.29) is 17.7 Å². The lowest BCUT2D eigenvalue weighted by molar-refractivity contribution is -0.121. The van der Waals surface area contributed by atoms with Crippen LogP contribution in [0.2, 0.25) is 0 Å². The molecule has 0 aliphatic carbocycles. The van der Waals surface area contributed by atoms with Gasteiger partial charge in [0.25, 0.3) is 5.91 Å². The first-order chi connectivity index (χ1) is 14.7. The highest BCUT2D eigenvalue weighted by Gasteiger charge is 2.28. The van der Waals surface area contributed by atoms with Gasteiger partial charge in [0, 0.05) is 24.7 Å². The number of benzene rings is 2. The highest BCUT2D eigenvalue weighted by Crippen LogP contribution is 2.24. The van der Waals surface area contributed by atoms with Crippen LogP contribution in [0, 0.1) is 5.92 Å². The predicted molar refractivity (Wildman–Crippen MR) is 119 cm³/mol. The molecular weight excluding hydrogens is 396 g/mol. The van der Waals surface area contributed by atoms with Gasteiger partial charge in [-0.1, -0.05) is 24.3 Å². The van der Waals surface area contributed by atoms with Crippen molar-refractivity contribution in [3.63, 3.8) is 0 Å². The van der Waals surface area contributed by atoms with E-state index in [9.17, 15) is 9.59 Å². The van der Waals surface area contributed by atoms with E-state index in [1.54, 1.807) is 0 Å². The van der Waals surface area contributed by atoms with Crippen LogP contribution < -0.4 is 5.32 Å². The van der Waals surface area contributed by atoms with Crippen LogP contribution in [0.3, 0.4) is 0 Å². The van der Waals surface area contributed by atoms with Crippen LogP contribution in [0.1, 0.15) is 22.5 Å². The van der Waals surface area contributed by atoms with Crippen molar-refractivity contribution in [2.75, 3.05) is 18.4 Å². The van der Waals surface area contributed by atoms with E-state index in [0.717, 1.165) is 21.9 Å². The number of azo groups is 1. The van der Waals surface area contributed by atoms with Crippen LogP contribution in [0.25, 0.3) is 0 Å². The molecule has 7 heteroatoms. The first kappa shape index (κ1) is 20.0. The molecule has 2 heterocycles. The number of piperidine rings is 1. The molecule has 2 amide bonds. The quantitative estimate of drug-likeness (QED) is 0.543. The van der Waals surface area contributed by atoms with Crippen LogP contribution in [0.5, 0.6) is 0 Å². The molecule has 1 N–H and O–H groups in total. The number of hydrogen-bond acceptors (Lipinski definition) is 5. The molecule has 30 heavy (non-hydrogen) atoms. The molecule has 0 bridgehead atoms. The van der Waals surface area contributed by atoms with E-state index < -0.39 is 0 Å². The van der Waals surface area contributed by atoms with Crippen molar-refractivity contribution < 1.29 is 9.59 Å². The van der Waals surface area contributed by atoms with Gasteiger partial charge in [-0.2, -0.15) is 10.2 Å². The van der Waals surface area contributed by atoms with Crippen LogP contribution in [0.4, 0.5) is 17.1 Å². The summed E-state index contributed by atoms with van der Waals surface area (Å²) in [7, 11) is 0. The molecule has 0 spiro atoms. The maximum absolute atomic E-state index is 12.6. The molecule has 0 saturated carbocycles. The number of thiophene rings is 1. The third-order valence-electron chi connectivity index (χ3n) is 5.06. The van der Waals surface area contributed by atoms with Gasteiger partial charge in [-0.25, -0.2) is 0 Å². The number of nitrogens with one attached hydrogen (secondary N) is 1. The minimum absolute atomic E-state index is 0.00288. The number of carbonyl (C=O) groups is 2. The molecule has 3 aromatic rings. The van der Waals surface area contributed by atoms with Gasteiger partial charge in [-0.3, -0.25) is 9.59 Å². The Labute approximate surface area is 179 Å². The number of rotatable bonds is 5. The first-order valence-corrected chi connectivity index (χ1v) is 10.8. The van der Waals surface area contributed by atoms with Crippen molar-refractivity contribution in [1.82, 2.24) is 4.90 Å². The van der Waals surface area contributed by atoms with Gasteiger partial charge in [0.05, 0.1) is 16.3 Å². The Balaban J connectivity index is 1.28. The molecule has 1 saturated heterocycles. The summed E-state index contributed by atoms with van der Waals surface area (Å²) in [5.41, 5.74) is 2.24. The first-order valence-electron chi connectivity index (χ1n) is 9.89. The van der Waals surface area contributed by atoms with Crippen LogP contribution in [-0.4, -0.2) is 29.8 Å². The second-order valence-electron chi connectivity index (χ2n) is 7.12.